The number of rotatable bonds is 3. The fourth-order valence-corrected chi connectivity index (χ4v) is 2.00. The molecular formula is C9H10ClN3OS. The minimum Gasteiger partial charge on any atom is -0.321 e. The van der Waals surface area contributed by atoms with Crippen LogP contribution in [0.15, 0.2) is 22.7 Å². The summed E-state index contributed by atoms with van der Waals surface area (Å²) in [6, 6.07) is 3.55. The van der Waals surface area contributed by atoms with Crippen LogP contribution in [-0.2, 0) is 11.0 Å². The van der Waals surface area contributed by atoms with E-state index in [1.54, 1.807) is 18.5 Å². The molecule has 0 bridgehead atoms. The number of aromatic nitrogens is 1. The van der Waals surface area contributed by atoms with Crippen LogP contribution in [0.2, 0.25) is 5.15 Å². The average molecular weight is 244 g/mol. The van der Waals surface area contributed by atoms with Crippen LogP contribution in [0.3, 0.4) is 0 Å². The van der Waals surface area contributed by atoms with Crippen molar-refractivity contribution in [2.75, 3.05) is 5.75 Å². The molecule has 0 radical (unpaired) electrons. The summed E-state index contributed by atoms with van der Waals surface area (Å²) in [6.07, 6.45) is 3.25. The molecule has 15 heavy (non-hydrogen) atoms. The van der Waals surface area contributed by atoms with Gasteiger partial charge in [-0.15, -0.1) is 4.36 Å². The maximum absolute atomic E-state index is 9.33. The summed E-state index contributed by atoms with van der Waals surface area (Å²) in [4.78, 5) is 3.94. The summed E-state index contributed by atoms with van der Waals surface area (Å²) in [7, 11) is -1.20. The Hall–Kier alpha value is -0.960. The third-order valence-corrected chi connectivity index (χ3v) is 3.18. The van der Waals surface area contributed by atoms with Gasteiger partial charge in [0, 0.05) is 22.9 Å². The van der Waals surface area contributed by atoms with Gasteiger partial charge in [0.1, 0.15) is 5.15 Å². The molecule has 1 N–H and O–H groups in total. The highest BCUT2D eigenvalue weighted by Gasteiger charge is 2.07. The van der Waals surface area contributed by atoms with Crippen LogP contribution in [0.25, 0.3) is 0 Å². The Labute approximate surface area is 95.8 Å². The first-order valence-corrected chi connectivity index (χ1v) is 5.93. The van der Waals surface area contributed by atoms with Crippen molar-refractivity contribution in [1.29, 1.82) is 5.26 Å². The molecule has 1 aromatic heterocycles. The van der Waals surface area contributed by atoms with Crippen LogP contribution in [0.4, 0.5) is 0 Å². The Bertz CT molecular complexity index is 399. The lowest BCUT2D eigenvalue weighted by Crippen LogP contribution is -2.05. The lowest BCUT2D eigenvalue weighted by Gasteiger charge is -2.09. The topological polar surface area (TPSA) is 69.3 Å². The fraction of sp³-hybridized carbons (Fsp3) is 0.333. The molecule has 4 nitrogen and oxygen atoms in total. The van der Waals surface area contributed by atoms with Crippen LogP contribution in [0, 0.1) is 11.5 Å². The van der Waals surface area contributed by atoms with Gasteiger partial charge in [0.2, 0.25) is 6.19 Å². The molecule has 0 spiro atoms. The van der Waals surface area contributed by atoms with Gasteiger partial charge in [-0.05, 0) is 17.5 Å². The van der Waals surface area contributed by atoms with Crippen LogP contribution in [-0.4, -0.2) is 15.3 Å². The van der Waals surface area contributed by atoms with Crippen molar-refractivity contribution in [3.63, 3.8) is 0 Å². The van der Waals surface area contributed by atoms with E-state index in [4.69, 9.17) is 16.9 Å². The summed E-state index contributed by atoms with van der Waals surface area (Å²) in [6.45, 7) is 1.94. The minimum atomic E-state index is -1.20. The van der Waals surface area contributed by atoms with Gasteiger partial charge in [0.25, 0.3) is 0 Å². The molecule has 6 heteroatoms. The second-order valence-electron chi connectivity index (χ2n) is 3.01. The zero-order chi connectivity index (χ0) is 11.3. The fourth-order valence-electron chi connectivity index (χ4n) is 1.08. The summed E-state index contributed by atoms with van der Waals surface area (Å²) >= 11 is 5.65. The number of hydrogen-bond donors (Lipinski definition) is 1. The quantitative estimate of drug-likeness (QED) is 0.655. The van der Waals surface area contributed by atoms with Gasteiger partial charge < -0.3 is 4.55 Å². The van der Waals surface area contributed by atoms with Gasteiger partial charge in [-0.25, -0.2) is 4.98 Å². The predicted octanol–water partition coefficient (Wildman–Crippen LogP) is 2.59. The lowest BCUT2D eigenvalue weighted by atomic mass is 10.1. The molecule has 1 rings (SSSR count). The van der Waals surface area contributed by atoms with E-state index in [9.17, 15) is 4.55 Å². The van der Waals surface area contributed by atoms with E-state index in [1.807, 2.05) is 13.0 Å². The number of hydrogen-bond acceptors (Lipinski definition) is 3. The predicted molar refractivity (Wildman–Crippen MR) is 60.6 cm³/mol. The standard InChI is InChI=1S/C9H10ClN3OS/c1-7(5-15(14)13-6-11)8-2-3-9(10)12-4-8/h2-4,7H,5H2,1H3,(H,13,14)/t7-,15?/m1/s1. The molecule has 1 aromatic rings. The smallest absolute Gasteiger partial charge is 0.214 e. The van der Waals surface area contributed by atoms with Gasteiger partial charge in [-0.2, -0.15) is 5.26 Å². The molecule has 0 aliphatic rings. The van der Waals surface area contributed by atoms with Crippen molar-refractivity contribution in [3.8, 4) is 6.19 Å². The van der Waals surface area contributed by atoms with E-state index in [0.29, 0.717) is 10.9 Å². The molecule has 1 unspecified atom stereocenters. The Morgan fingerprint density at radius 1 is 1.73 bits per heavy atom. The highest BCUT2D eigenvalue weighted by atomic mass is 35.5. The summed E-state index contributed by atoms with van der Waals surface area (Å²) in [5.74, 6) is 0.525. The second-order valence-corrected chi connectivity index (χ2v) is 4.60. The van der Waals surface area contributed by atoms with Crippen molar-refractivity contribution >= 4 is 22.6 Å². The average Bonchev–Trinajstić information content (AvgIpc) is 2.18. The zero-order valence-electron chi connectivity index (χ0n) is 8.09. The van der Waals surface area contributed by atoms with Crippen LogP contribution in [0.5, 0.6) is 0 Å². The van der Waals surface area contributed by atoms with E-state index in [2.05, 4.69) is 9.35 Å². The largest absolute Gasteiger partial charge is 0.321 e. The van der Waals surface area contributed by atoms with Crippen molar-refractivity contribution in [1.82, 2.24) is 4.98 Å². The highest BCUT2D eigenvalue weighted by Crippen LogP contribution is 2.16. The Kier molecular flexibility index (Phi) is 4.69. The Morgan fingerprint density at radius 2 is 2.47 bits per heavy atom. The van der Waals surface area contributed by atoms with Crippen LogP contribution < -0.4 is 0 Å². The number of nitriles is 1. The first-order chi connectivity index (χ1) is 7.13. The molecule has 2 atom stereocenters. The number of halogens is 1. The van der Waals surface area contributed by atoms with Crippen LogP contribution in [0.1, 0.15) is 18.4 Å². The number of nitrogens with zero attached hydrogens (tertiary/aromatic N) is 3. The Morgan fingerprint density at radius 3 is 3.00 bits per heavy atom. The van der Waals surface area contributed by atoms with Gasteiger partial charge in [-0.1, -0.05) is 24.6 Å². The van der Waals surface area contributed by atoms with Gasteiger partial charge in [0.05, 0.1) is 0 Å². The van der Waals surface area contributed by atoms with Crippen molar-refractivity contribution in [2.24, 2.45) is 4.36 Å². The minimum absolute atomic E-state index is 0.0974. The molecule has 0 fully saturated rings. The molecule has 0 aliphatic carbocycles. The maximum Gasteiger partial charge on any atom is 0.214 e. The van der Waals surface area contributed by atoms with E-state index in [-0.39, 0.29) is 5.92 Å². The van der Waals surface area contributed by atoms with Gasteiger partial charge in [0.15, 0.2) is 0 Å². The molecule has 0 amide bonds. The zero-order valence-corrected chi connectivity index (χ0v) is 9.66. The van der Waals surface area contributed by atoms with Crippen molar-refractivity contribution in [3.05, 3.63) is 29.0 Å². The van der Waals surface area contributed by atoms with E-state index < -0.39 is 11.0 Å². The lowest BCUT2D eigenvalue weighted by molar-refractivity contribution is 0.641. The third kappa shape index (κ3) is 3.96. The van der Waals surface area contributed by atoms with E-state index in [1.165, 1.54) is 0 Å². The second kappa shape index (κ2) is 5.81. The SMILES string of the molecule is C[C@H](CS(O)=NC#N)c1ccc(Cl)nc1. The first kappa shape index (κ1) is 12.1. The molecule has 0 saturated carbocycles. The van der Waals surface area contributed by atoms with Crippen molar-refractivity contribution in [2.45, 2.75) is 12.8 Å². The molecule has 0 aliphatic heterocycles. The molecule has 80 valence electrons. The summed E-state index contributed by atoms with van der Waals surface area (Å²) in [5.41, 5.74) is 0.971. The molecule has 1 heterocycles. The normalized spacial score (nSPS) is 14.5. The summed E-state index contributed by atoms with van der Waals surface area (Å²) < 4.78 is 12.7. The van der Waals surface area contributed by atoms with E-state index >= 15 is 0 Å². The molecular weight excluding hydrogens is 234 g/mol. The summed E-state index contributed by atoms with van der Waals surface area (Å²) in [5, 5.41) is 8.70. The molecule has 0 aromatic carbocycles. The van der Waals surface area contributed by atoms with Gasteiger partial charge >= 0.3 is 0 Å². The van der Waals surface area contributed by atoms with Crippen LogP contribution >= 0.6 is 11.6 Å². The highest BCUT2D eigenvalue weighted by molar-refractivity contribution is 7.81. The monoisotopic (exact) mass is 243 g/mol. The van der Waals surface area contributed by atoms with E-state index in [0.717, 1.165) is 5.56 Å². The Balaban J connectivity index is 2.70. The third-order valence-electron chi connectivity index (χ3n) is 1.86. The molecule has 0 saturated heterocycles. The first-order valence-electron chi connectivity index (χ1n) is 4.25. The van der Waals surface area contributed by atoms with Gasteiger partial charge in [-0.3, -0.25) is 0 Å². The maximum atomic E-state index is 9.33. The number of pyridine rings is 1. The van der Waals surface area contributed by atoms with Crippen molar-refractivity contribution < 1.29 is 4.55 Å².